The molecule has 0 atom stereocenters. The molecule has 0 fully saturated rings. The summed E-state index contributed by atoms with van der Waals surface area (Å²) in [6.45, 7) is 0. The minimum absolute atomic E-state index is 0.107. The van der Waals surface area contributed by atoms with Gasteiger partial charge >= 0.3 is 0 Å². The summed E-state index contributed by atoms with van der Waals surface area (Å²) >= 11 is 0. The van der Waals surface area contributed by atoms with Crippen molar-refractivity contribution < 1.29 is 4.79 Å². The average molecular weight is 325 g/mol. The number of amides is 1. The molecule has 0 spiro atoms. The standard InChI is InChI=1S/C16H15N5O3/c22-14(18-9-4-3-7-17-8-9)12-13-19-11-6-2-1-5-10(11)16(24)21(13)20-15(12)23/h3-4,7-8,19H,1-2,5-6H2,(H,18,22)(H,20,23). The van der Waals surface area contributed by atoms with Crippen LogP contribution in [0.4, 0.5) is 5.69 Å². The molecule has 0 bridgehead atoms. The van der Waals surface area contributed by atoms with Gasteiger partial charge in [-0.3, -0.25) is 24.5 Å². The molecule has 122 valence electrons. The normalized spacial score (nSPS) is 13.7. The van der Waals surface area contributed by atoms with E-state index in [9.17, 15) is 14.4 Å². The zero-order chi connectivity index (χ0) is 16.7. The van der Waals surface area contributed by atoms with E-state index in [4.69, 9.17) is 0 Å². The smallest absolute Gasteiger partial charge is 0.279 e. The Morgan fingerprint density at radius 1 is 1.25 bits per heavy atom. The number of carbonyl (C=O) groups excluding carboxylic acids is 1. The number of anilines is 1. The highest BCUT2D eigenvalue weighted by Gasteiger charge is 2.23. The predicted octanol–water partition coefficient (Wildman–Crippen LogP) is 0.842. The van der Waals surface area contributed by atoms with E-state index in [1.807, 2.05) is 0 Å². The van der Waals surface area contributed by atoms with Crippen molar-refractivity contribution >= 4 is 17.2 Å². The summed E-state index contributed by atoms with van der Waals surface area (Å²) in [5, 5.41) is 5.07. The maximum atomic E-state index is 12.6. The second-order valence-electron chi connectivity index (χ2n) is 5.79. The van der Waals surface area contributed by atoms with Gasteiger partial charge in [-0.15, -0.1) is 0 Å². The number of pyridine rings is 1. The van der Waals surface area contributed by atoms with Crippen LogP contribution in [0, 0.1) is 0 Å². The topological polar surface area (TPSA) is 112 Å². The molecular weight excluding hydrogens is 310 g/mol. The molecule has 0 saturated heterocycles. The van der Waals surface area contributed by atoms with Crippen LogP contribution in [0.15, 0.2) is 34.1 Å². The van der Waals surface area contributed by atoms with Crippen LogP contribution >= 0.6 is 0 Å². The number of nitrogens with zero attached hydrogens (tertiary/aromatic N) is 2. The third kappa shape index (κ3) is 2.23. The van der Waals surface area contributed by atoms with Gasteiger partial charge < -0.3 is 10.3 Å². The van der Waals surface area contributed by atoms with Crippen molar-refractivity contribution in [1.82, 2.24) is 19.6 Å². The first-order valence-electron chi connectivity index (χ1n) is 7.75. The molecule has 1 aliphatic rings. The Balaban J connectivity index is 1.85. The number of H-pyrrole nitrogens is 2. The second kappa shape index (κ2) is 5.48. The molecule has 8 heteroatoms. The molecule has 3 aromatic heterocycles. The van der Waals surface area contributed by atoms with E-state index in [0.717, 1.165) is 29.5 Å². The first-order valence-corrected chi connectivity index (χ1v) is 7.75. The molecule has 0 unspecified atom stereocenters. The number of aryl methyl sites for hydroxylation is 1. The van der Waals surface area contributed by atoms with Crippen LogP contribution < -0.4 is 16.4 Å². The first-order chi connectivity index (χ1) is 11.6. The van der Waals surface area contributed by atoms with Crippen molar-refractivity contribution in [3.8, 4) is 0 Å². The SMILES string of the molecule is O=C(Nc1cccnc1)c1c(=O)[nH]n2c(=O)c3c([nH]c12)CCCC3. The van der Waals surface area contributed by atoms with Gasteiger partial charge in [0.25, 0.3) is 17.0 Å². The predicted molar refractivity (Wildman–Crippen MR) is 87.5 cm³/mol. The second-order valence-corrected chi connectivity index (χ2v) is 5.79. The number of carbonyl (C=O) groups is 1. The molecule has 3 aromatic rings. The van der Waals surface area contributed by atoms with Crippen LogP contribution in [0.2, 0.25) is 0 Å². The largest absolute Gasteiger partial charge is 0.342 e. The molecule has 0 radical (unpaired) electrons. The zero-order valence-electron chi connectivity index (χ0n) is 12.8. The van der Waals surface area contributed by atoms with Crippen LogP contribution in [-0.2, 0) is 12.8 Å². The molecule has 24 heavy (non-hydrogen) atoms. The van der Waals surface area contributed by atoms with Gasteiger partial charge in [-0.05, 0) is 37.8 Å². The minimum Gasteiger partial charge on any atom is -0.342 e. The summed E-state index contributed by atoms with van der Waals surface area (Å²) < 4.78 is 1.13. The van der Waals surface area contributed by atoms with Gasteiger partial charge in [-0.2, -0.15) is 4.52 Å². The molecule has 0 aromatic carbocycles. The molecule has 3 heterocycles. The number of nitrogens with one attached hydrogen (secondary N) is 3. The molecule has 1 amide bonds. The van der Waals surface area contributed by atoms with Crippen LogP contribution in [0.25, 0.3) is 5.65 Å². The Morgan fingerprint density at radius 3 is 2.88 bits per heavy atom. The minimum atomic E-state index is -0.605. The van der Waals surface area contributed by atoms with E-state index < -0.39 is 11.5 Å². The first kappa shape index (κ1) is 14.4. The summed E-state index contributed by atoms with van der Waals surface area (Å²) in [6.07, 6.45) is 6.41. The maximum Gasteiger partial charge on any atom is 0.279 e. The van der Waals surface area contributed by atoms with Gasteiger partial charge in [0.2, 0.25) is 0 Å². The summed E-state index contributed by atoms with van der Waals surface area (Å²) in [4.78, 5) is 44.3. The molecule has 4 rings (SSSR count). The Hall–Kier alpha value is -3.16. The van der Waals surface area contributed by atoms with Crippen molar-refractivity contribution in [2.45, 2.75) is 25.7 Å². The summed E-state index contributed by atoms with van der Waals surface area (Å²) in [7, 11) is 0. The van der Waals surface area contributed by atoms with Gasteiger partial charge in [0.15, 0.2) is 5.65 Å². The van der Waals surface area contributed by atoms with E-state index in [1.54, 1.807) is 18.3 Å². The van der Waals surface area contributed by atoms with Gasteiger partial charge in [0.1, 0.15) is 5.56 Å². The zero-order valence-corrected chi connectivity index (χ0v) is 12.8. The fraction of sp³-hybridized carbons (Fsp3) is 0.250. The lowest BCUT2D eigenvalue weighted by molar-refractivity contribution is 0.102. The van der Waals surface area contributed by atoms with Crippen LogP contribution in [-0.4, -0.2) is 25.5 Å². The highest BCUT2D eigenvalue weighted by molar-refractivity contribution is 6.08. The number of fused-ring (bicyclic) bond motifs is 2. The van der Waals surface area contributed by atoms with Gasteiger partial charge in [-0.1, -0.05) is 0 Å². The maximum absolute atomic E-state index is 12.6. The van der Waals surface area contributed by atoms with Crippen molar-refractivity contribution in [3.05, 3.63) is 62.1 Å². The molecule has 8 nitrogen and oxygen atoms in total. The number of aromatic nitrogens is 4. The highest BCUT2D eigenvalue weighted by atomic mass is 16.2. The Bertz CT molecular complexity index is 1050. The number of aromatic amines is 2. The van der Waals surface area contributed by atoms with E-state index in [2.05, 4.69) is 20.4 Å². The van der Waals surface area contributed by atoms with E-state index in [-0.39, 0.29) is 16.8 Å². The van der Waals surface area contributed by atoms with Gasteiger partial charge in [0.05, 0.1) is 11.9 Å². The van der Waals surface area contributed by atoms with E-state index in [0.29, 0.717) is 17.7 Å². The molecule has 1 aliphatic carbocycles. The Labute approximate surface area is 135 Å². The van der Waals surface area contributed by atoms with Gasteiger partial charge in [0, 0.05) is 17.5 Å². The fourth-order valence-electron chi connectivity index (χ4n) is 3.10. The summed E-state index contributed by atoms with van der Waals surface area (Å²) in [5.41, 5.74) is 1.18. The highest BCUT2D eigenvalue weighted by Crippen LogP contribution is 2.17. The lowest BCUT2D eigenvalue weighted by Crippen LogP contribution is -2.25. The summed E-state index contributed by atoms with van der Waals surface area (Å²) in [6, 6.07) is 3.35. The number of rotatable bonds is 2. The number of hydrogen-bond donors (Lipinski definition) is 3. The van der Waals surface area contributed by atoms with Crippen molar-refractivity contribution in [2.75, 3.05) is 5.32 Å². The summed E-state index contributed by atoms with van der Waals surface area (Å²) in [5.74, 6) is -0.585. The average Bonchev–Trinajstić information content (AvgIpc) is 2.92. The van der Waals surface area contributed by atoms with Crippen LogP contribution in [0.5, 0.6) is 0 Å². The molecule has 0 aliphatic heterocycles. The third-order valence-electron chi connectivity index (χ3n) is 4.25. The Morgan fingerprint density at radius 2 is 2.08 bits per heavy atom. The van der Waals surface area contributed by atoms with Gasteiger partial charge in [-0.25, -0.2) is 0 Å². The van der Waals surface area contributed by atoms with Crippen molar-refractivity contribution in [2.24, 2.45) is 0 Å². The van der Waals surface area contributed by atoms with E-state index in [1.165, 1.54) is 6.20 Å². The Kier molecular flexibility index (Phi) is 3.30. The number of hydrogen-bond acceptors (Lipinski definition) is 4. The lowest BCUT2D eigenvalue weighted by Gasteiger charge is -2.15. The fourth-order valence-corrected chi connectivity index (χ4v) is 3.10. The van der Waals surface area contributed by atoms with Crippen molar-refractivity contribution in [3.63, 3.8) is 0 Å². The lowest BCUT2D eigenvalue weighted by atomic mass is 9.97. The molecule has 0 saturated carbocycles. The van der Waals surface area contributed by atoms with Crippen LogP contribution in [0.1, 0.15) is 34.5 Å². The third-order valence-corrected chi connectivity index (χ3v) is 4.25. The molecular formula is C16H15N5O3. The van der Waals surface area contributed by atoms with Crippen molar-refractivity contribution in [1.29, 1.82) is 0 Å². The van der Waals surface area contributed by atoms with Crippen LogP contribution in [0.3, 0.4) is 0 Å². The molecule has 3 N–H and O–H groups in total. The quantitative estimate of drug-likeness (QED) is 0.648. The van der Waals surface area contributed by atoms with E-state index >= 15 is 0 Å². The monoisotopic (exact) mass is 325 g/mol.